The predicted molar refractivity (Wildman–Crippen MR) is 130 cm³/mol. The van der Waals surface area contributed by atoms with Crippen LogP contribution < -0.4 is 22.3 Å². The van der Waals surface area contributed by atoms with Crippen molar-refractivity contribution in [3.8, 4) is 0 Å². The summed E-state index contributed by atoms with van der Waals surface area (Å²) in [5.41, 5.74) is 10.8. The normalized spacial score (nSPS) is 12.4. The van der Waals surface area contributed by atoms with Gasteiger partial charge in [0.1, 0.15) is 0 Å². The number of fused-ring (bicyclic) bond motifs is 1. The number of anilines is 1. The maximum absolute atomic E-state index is 12.5. The molecular formula is C21H37N7O4S. The maximum Gasteiger partial charge on any atom is 0.280 e. The van der Waals surface area contributed by atoms with Crippen LogP contribution in [0.25, 0.3) is 11.2 Å². The van der Waals surface area contributed by atoms with Gasteiger partial charge in [0.15, 0.2) is 16.3 Å². The number of amides is 1. The summed E-state index contributed by atoms with van der Waals surface area (Å²) in [6.07, 6.45) is 2.63. The molecule has 0 bridgehead atoms. The molecule has 186 valence electrons. The van der Waals surface area contributed by atoms with E-state index < -0.39 is 5.56 Å². The van der Waals surface area contributed by atoms with E-state index in [0.29, 0.717) is 24.9 Å². The quantitative estimate of drug-likeness (QED) is 0.244. The molecule has 0 saturated heterocycles. The van der Waals surface area contributed by atoms with Crippen molar-refractivity contribution < 1.29 is 14.6 Å². The van der Waals surface area contributed by atoms with E-state index in [1.807, 2.05) is 0 Å². The summed E-state index contributed by atoms with van der Waals surface area (Å²) in [5, 5.41) is 12.8. The third-order valence-corrected chi connectivity index (χ3v) is 6.24. The number of aromatic nitrogens is 4. The average molecular weight is 484 g/mol. The van der Waals surface area contributed by atoms with E-state index in [4.69, 9.17) is 16.2 Å². The second-order valence-corrected chi connectivity index (χ2v) is 10.3. The highest BCUT2D eigenvalue weighted by Gasteiger charge is 2.23. The lowest BCUT2D eigenvalue weighted by Crippen LogP contribution is -2.36. The van der Waals surface area contributed by atoms with Gasteiger partial charge in [0.05, 0.1) is 18.0 Å². The first kappa shape index (κ1) is 27.1. The number of nitrogen functional groups attached to an aromatic ring is 1. The number of hydrogen-bond acceptors (Lipinski definition) is 9. The first-order chi connectivity index (χ1) is 15.5. The summed E-state index contributed by atoms with van der Waals surface area (Å²) >= 11 is 1.17. The van der Waals surface area contributed by atoms with Crippen molar-refractivity contribution in [3.05, 3.63) is 10.4 Å². The van der Waals surface area contributed by atoms with Gasteiger partial charge < -0.3 is 31.2 Å². The van der Waals surface area contributed by atoms with E-state index in [2.05, 4.69) is 48.0 Å². The van der Waals surface area contributed by atoms with Crippen LogP contribution in [0.2, 0.25) is 0 Å². The molecule has 0 atom stereocenters. The van der Waals surface area contributed by atoms with Crippen molar-refractivity contribution in [1.82, 2.24) is 24.8 Å². The van der Waals surface area contributed by atoms with Crippen LogP contribution in [-0.2, 0) is 16.1 Å². The van der Waals surface area contributed by atoms with E-state index in [9.17, 15) is 14.7 Å². The topological polar surface area (TPSA) is 174 Å². The Hall–Kier alpha value is -2.15. The standard InChI is InChI=1S/C21H37N7O4S/c1-20(2,7-11-32-21(3,4)6-5-8-22)13-24-14(30)12-33-19-25-15-16(28(19)9-10-29)26-18(23)27-17(15)31/h29H,5-13,22H2,1-4H3,(H,24,30)(H3,23,26,27,31). The molecule has 1 amide bonds. The van der Waals surface area contributed by atoms with Crippen molar-refractivity contribution in [2.24, 2.45) is 11.1 Å². The number of rotatable bonds is 14. The molecule has 0 aliphatic heterocycles. The molecule has 0 spiro atoms. The number of thioether (sulfide) groups is 1. The smallest absolute Gasteiger partial charge is 0.280 e. The van der Waals surface area contributed by atoms with Gasteiger partial charge in [0, 0.05) is 19.7 Å². The van der Waals surface area contributed by atoms with Gasteiger partial charge in [-0.25, -0.2) is 4.98 Å². The molecule has 0 aliphatic carbocycles. The number of nitrogens with one attached hydrogen (secondary N) is 2. The first-order valence-electron chi connectivity index (χ1n) is 11.1. The summed E-state index contributed by atoms with van der Waals surface area (Å²) in [6.45, 7) is 10.1. The van der Waals surface area contributed by atoms with Gasteiger partial charge in [-0.05, 0) is 45.1 Å². The maximum atomic E-state index is 12.5. The van der Waals surface area contributed by atoms with E-state index in [0.717, 1.165) is 19.3 Å². The van der Waals surface area contributed by atoms with Gasteiger partial charge in [-0.3, -0.25) is 14.6 Å². The molecule has 2 aromatic rings. The fourth-order valence-corrected chi connectivity index (χ4v) is 4.08. The molecule has 0 saturated carbocycles. The lowest BCUT2D eigenvalue weighted by molar-refractivity contribution is -0.119. The Bertz CT molecular complexity index is 987. The van der Waals surface area contributed by atoms with Gasteiger partial charge >= 0.3 is 0 Å². The second kappa shape index (κ2) is 11.8. The highest BCUT2D eigenvalue weighted by Crippen LogP contribution is 2.24. The van der Waals surface area contributed by atoms with Crippen molar-refractivity contribution in [2.75, 3.05) is 37.8 Å². The van der Waals surface area contributed by atoms with Crippen LogP contribution >= 0.6 is 11.8 Å². The lowest BCUT2D eigenvalue weighted by atomic mass is 9.89. The van der Waals surface area contributed by atoms with Crippen LogP contribution in [-0.4, -0.2) is 68.2 Å². The molecule has 7 N–H and O–H groups in total. The molecule has 11 nitrogen and oxygen atoms in total. The Kier molecular flexibility index (Phi) is 9.70. The van der Waals surface area contributed by atoms with Crippen LogP contribution in [0, 0.1) is 5.41 Å². The minimum Gasteiger partial charge on any atom is -0.395 e. The van der Waals surface area contributed by atoms with Crippen LogP contribution in [0.1, 0.15) is 47.0 Å². The SMILES string of the molecule is CC(C)(CCOC(C)(C)CCCN)CNC(=O)CSc1nc2c(=O)[nH]c(N)nc2n1CCO. The van der Waals surface area contributed by atoms with Gasteiger partial charge in [0.25, 0.3) is 5.56 Å². The monoisotopic (exact) mass is 483 g/mol. The summed E-state index contributed by atoms with van der Waals surface area (Å²) < 4.78 is 7.61. The third-order valence-electron chi connectivity index (χ3n) is 5.26. The van der Waals surface area contributed by atoms with E-state index >= 15 is 0 Å². The largest absolute Gasteiger partial charge is 0.395 e. The second-order valence-electron chi connectivity index (χ2n) is 9.37. The number of nitrogens with two attached hydrogens (primary N) is 2. The Morgan fingerprint density at radius 1 is 1.27 bits per heavy atom. The van der Waals surface area contributed by atoms with Gasteiger partial charge in [0.2, 0.25) is 11.9 Å². The molecule has 0 fully saturated rings. The number of carbonyl (C=O) groups is 1. The number of carbonyl (C=O) groups excluding carboxylic acids is 1. The molecule has 0 aromatic carbocycles. The Labute approximate surface area is 198 Å². The van der Waals surface area contributed by atoms with Crippen molar-refractivity contribution in [1.29, 1.82) is 0 Å². The zero-order chi connectivity index (χ0) is 24.6. The summed E-state index contributed by atoms with van der Waals surface area (Å²) in [6, 6.07) is 0. The van der Waals surface area contributed by atoms with Crippen molar-refractivity contribution >= 4 is 34.8 Å². The first-order valence-corrected chi connectivity index (χ1v) is 12.1. The van der Waals surface area contributed by atoms with Crippen molar-refractivity contribution in [2.45, 2.75) is 64.3 Å². The molecule has 12 heteroatoms. The summed E-state index contributed by atoms with van der Waals surface area (Å²) in [5.74, 6) is -0.0722. The molecule has 2 aromatic heterocycles. The summed E-state index contributed by atoms with van der Waals surface area (Å²) in [4.78, 5) is 35.4. The average Bonchev–Trinajstić information content (AvgIpc) is 3.07. The lowest BCUT2D eigenvalue weighted by Gasteiger charge is -2.29. The fourth-order valence-electron chi connectivity index (χ4n) is 3.23. The van der Waals surface area contributed by atoms with Crippen molar-refractivity contribution in [3.63, 3.8) is 0 Å². The highest BCUT2D eigenvalue weighted by atomic mass is 32.2. The Balaban J connectivity index is 1.88. The molecule has 0 unspecified atom stereocenters. The molecule has 0 radical (unpaired) electrons. The minimum absolute atomic E-state index is 0.0325. The van der Waals surface area contributed by atoms with Crippen LogP contribution in [0.15, 0.2) is 9.95 Å². The van der Waals surface area contributed by atoms with Crippen LogP contribution in [0.3, 0.4) is 0 Å². The predicted octanol–water partition coefficient (Wildman–Crippen LogP) is 0.853. The number of aliphatic hydroxyl groups is 1. The Morgan fingerprint density at radius 2 is 2.00 bits per heavy atom. The number of nitrogens with zero attached hydrogens (tertiary/aromatic N) is 3. The number of aromatic amines is 1. The number of ether oxygens (including phenoxy) is 1. The van der Waals surface area contributed by atoms with Gasteiger partial charge in [-0.1, -0.05) is 25.6 Å². The number of H-pyrrole nitrogens is 1. The Morgan fingerprint density at radius 3 is 2.67 bits per heavy atom. The molecule has 2 rings (SSSR count). The van der Waals surface area contributed by atoms with E-state index in [1.165, 1.54) is 11.8 Å². The number of aliphatic hydroxyl groups excluding tert-OH is 1. The highest BCUT2D eigenvalue weighted by molar-refractivity contribution is 7.99. The fraction of sp³-hybridized carbons (Fsp3) is 0.714. The van der Waals surface area contributed by atoms with Gasteiger partial charge in [-0.15, -0.1) is 0 Å². The number of hydrogen-bond donors (Lipinski definition) is 5. The van der Waals surface area contributed by atoms with Crippen LogP contribution in [0.4, 0.5) is 5.95 Å². The molecular weight excluding hydrogens is 446 g/mol. The molecule has 2 heterocycles. The zero-order valence-electron chi connectivity index (χ0n) is 19.9. The molecule has 0 aliphatic rings. The van der Waals surface area contributed by atoms with E-state index in [-0.39, 0.29) is 52.9 Å². The molecule has 33 heavy (non-hydrogen) atoms. The van der Waals surface area contributed by atoms with Gasteiger partial charge in [-0.2, -0.15) is 4.98 Å². The minimum atomic E-state index is -0.462. The zero-order valence-corrected chi connectivity index (χ0v) is 20.8. The van der Waals surface area contributed by atoms with Crippen LogP contribution in [0.5, 0.6) is 0 Å². The third kappa shape index (κ3) is 8.29. The number of imidazole rings is 1. The summed E-state index contributed by atoms with van der Waals surface area (Å²) in [7, 11) is 0. The van der Waals surface area contributed by atoms with E-state index in [1.54, 1.807) is 4.57 Å².